The zero-order chi connectivity index (χ0) is 10.2. The van der Waals surface area contributed by atoms with Crippen molar-refractivity contribution in [3.63, 3.8) is 0 Å². The van der Waals surface area contributed by atoms with Crippen molar-refractivity contribution in [2.45, 2.75) is 18.6 Å². The van der Waals surface area contributed by atoms with E-state index in [2.05, 4.69) is 4.74 Å². The normalized spacial score (nSPS) is 29.7. The van der Waals surface area contributed by atoms with Crippen LogP contribution in [0.15, 0.2) is 30.3 Å². The first-order chi connectivity index (χ1) is 6.68. The number of carbonyl (C=O) groups excluding carboxylic acids is 1. The van der Waals surface area contributed by atoms with Gasteiger partial charge in [0.2, 0.25) is 0 Å². The lowest BCUT2D eigenvalue weighted by Gasteiger charge is -2.02. The van der Waals surface area contributed by atoms with Gasteiger partial charge in [0.1, 0.15) is 6.10 Å². The molecule has 1 aromatic rings. The van der Waals surface area contributed by atoms with Crippen LogP contribution >= 0.6 is 0 Å². The standard InChI is InChI=1S/C11H12O3/c1-11(10(12)13-2)9(14-11)8-6-4-3-5-7-8/h3-7,9H,1-2H3. The molecule has 0 spiro atoms. The molecule has 0 bridgehead atoms. The average molecular weight is 192 g/mol. The van der Waals surface area contributed by atoms with Crippen LogP contribution in [0, 0.1) is 0 Å². The fourth-order valence-corrected chi connectivity index (χ4v) is 1.58. The van der Waals surface area contributed by atoms with Gasteiger partial charge in [-0.2, -0.15) is 0 Å². The molecule has 1 aliphatic rings. The molecule has 3 heteroatoms. The van der Waals surface area contributed by atoms with E-state index in [1.165, 1.54) is 7.11 Å². The van der Waals surface area contributed by atoms with Gasteiger partial charge in [-0.15, -0.1) is 0 Å². The van der Waals surface area contributed by atoms with E-state index in [1.54, 1.807) is 6.92 Å². The Hall–Kier alpha value is -1.35. The third-order valence-corrected chi connectivity index (χ3v) is 2.50. The summed E-state index contributed by atoms with van der Waals surface area (Å²) in [7, 11) is 1.37. The van der Waals surface area contributed by atoms with E-state index in [0.29, 0.717) is 0 Å². The molecule has 1 fully saturated rings. The van der Waals surface area contributed by atoms with Gasteiger partial charge < -0.3 is 9.47 Å². The number of hydrogen-bond donors (Lipinski definition) is 0. The van der Waals surface area contributed by atoms with E-state index < -0.39 is 5.60 Å². The maximum atomic E-state index is 11.3. The first-order valence-electron chi connectivity index (χ1n) is 4.49. The van der Waals surface area contributed by atoms with Gasteiger partial charge in [0.15, 0.2) is 5.60 Å². The van der Waals surface area contributed by atoms with Crippen molar-refractivity contribution in [2.24, 2.45) is 0 Å². The smallest absolute Gasteiger partial charge is 0.340 e. The van der Waals surface area contributed by atoms with Gasteiger partial charge >= 0.3 is 5.97 Å². The Bertz CT molecular complexity index is 347. The highest BCUT2D eigenvalue weighted by Gasteiger charge is 2.60. The molecule has 0 amide bonds. The van der Waals surface area contributed by atoms with Gasteiger partial charge in [0.25, 0.3) is 0 Å². The van der Waals surface area contributed by atoms with Crippen LogP contribution in [-0.4, -0.2) is 18.7 Å². The number of benzene rings is 1. The Balaban J connectivity index is 2.16. The highest BCUT2D eigenvalue weighted by molar-refractivity contribution is 5.83. The predicted octanol–water partition coefficient (Wildman–Crippen LogP) is 1.69. The van der Waals surface area contributed by atoms with Gasteiger partial charge in [0, 0.05) is 0 Å². The van der Waals surface area contributed by atoms with E-state index in [-0.39, 0.29) is 12.1 Å². The summed E-state index contributed by atoms with van der Waals surface area (Å²) in [6.45, 7) is 1.75. The second-order valence-corrected chi connectivity index (χ2v) is 3.51. The Labute approximate surface area is 82.6 Å². The minimum absolute atomic E-state index is 0.156. The van der Waals surface area contributed by atoms with Crippen LogP contribution in [-0.2, 0) is 14.3 Å². The molecule has 14 heavy (non-hydrogen) atoms. The Kier molecular flexibility index (Phi) is 2.04. The van der Waals surface area contributed by atoms with Crippen LogP contribution in [0.25, 0.3) is 0 Å². The van der Waals surface area contributed by atoms with Crippen molar-refractivity contribution >= 4 is 5.97 Å². The van der Waals surface area contributed by atoms with E-state index in [0.717, 1.165) is 5.56 Å². The van der Waals surface area contributed by atoms with Crippen molar-refractivity contribution in [1.82, 2.24) is 0 Å². The fraction of sp³-hybridized carbons (Fsp3) is 0.364. The molecule has 1 heterocycles. The van der Waals surface area contributed by atoms with Crippen LogP contribution < -0.4 is 0 Å². The Morgan fingerprint density at radius 1 is 1.43 bits per heavy atom. The van der Waals surface area contributed by atoms with E-state index in [9.17, 15) is 4.79 Å². The lowest BCUT2D eigenvalue weighted by molar-refractivity contribution is -0.146. The molecule has 0 N–H and O–H groups in total. The van der Waals surface area contributed by atoms with Gasteiger partial charge in [0.05, 0.1) is 7.11 Å². The minimum Gasteiger partial charge on any atom is -0.467 e. The summed E-state index contributed by atoms with van der Waals surface area (Å²) in [4.78, 5) is 11.3. The highest BCUT2D eigenvalue weighted by Crippen LogP contribution is 2.49. The fourth-order valence-electron chi connectivity index (χ4n) is 1.58. The van der Waals surface area contributed by atoms with Crippen molar-refractivity contribution in [3.05, 3.63) is 35.9 Å². The predicted molar refractivity (Wildman–Crippen MR) is 50.7 cm³/mol. The number of carbonyl (C=O) groups is 1. The Morgan fingerprint density at radius 3 is 2.64 bits per heavy atom. The summed E-state index contributed by atoms with van der Waals surface area (Å²) in [6, 6.07) is 9.67. The summed E-state index contributed by atoms with van der Waals surface area (Å²) in [5, 5.41) is 0. The lowest BCUT2D eigenvalue weighted by Crippen LogP contribution is -2.22. The van der Waals surface area contributed by atoms with Gasteiger partial charge in [-0.3, -0.25) is 0 Å². The number of esters is 1. The number of hydrogen-bond acceptors (Lipinski definition) is 3. The molecule has 1 saturated heterocycles. The number of rotatable bonds is 2. The number of epoxide rings is 1. The molecular weight excluding hydrogens is 180 g/mol. The highest BCUT2D eigenvalue weighted by atomic mass is 16.7. The molecule has 1 aliphatic heterocycles. The topological polar surface area (TPSA) is 38.8 Å². The molecule has 74 valence electrons. The summed E-state index contributed by atoms with van der Waals surface area (Å²) in [6.07, 6.45) is -0.156. The maximum Gasteiger partial charge on any atom is 0.340 e. The molecule has 2 unspecified atom stereocenters. The molecule has 2 rings (SSSR count). The summed E-state index contributed by atoms with van der Waals surface area (Å²) in [5.41, 5.74) is 0.233. The van der Waals surface area contributed by atoms with E-state index in [4.69, 9.17) is 4.74 Å². The second kappa shape index (κ2) is 3.10. The minimum atomic E-state index is -0.782. The monoisotopic (exact) mass is 192 g/mol. The zero-order valence-corrected chi connectivity index (χ0v) is 8.19. The first-order valence-corrected chi connectivity index (χ1v) is 4.49. The quantitative estimate of drug-likeness (QED) is 0.528. The zero-order valence-electron chi connectivity index (χ0n) is 8.19. The van der Waals surface area contributed by atoms with E-state index in [1.807, 2.05) is 30.3 Å². The molecule has 0 aromatic heterocycles. The molecule has 3 nitrogen and oxygen atoms in total. The van der Waals surface area contributed by atoms with E-state index >= 15 is 0 Å². The molecule has 0 saturated carbocycles. The third kappa shape index (κ3) is 1.30. The summed E-state index contributed by atoms with van der Waals surface area (Å²) >= 11 is 0. The first kappa shape index (κ1) is 9.21. The van der Waals surface area contributed by atoms with Crippen molar-refractivity contribution in [2.75, 3.05) is 7.11 Å². The van der Waals surface area contributed by atoms with Crippen LogP contribution in [0.3, 0.4) is 0 Å². The average Bonchev–Trinajstić information content (AvgIpc) is 2.92. The SMILES string of the molecule is COC(=O)C1(C)OC1c1ccccc1. The van der Waals surface area contributed by atoms with Crippen LogP contribution in [0.5, 0.6) is 0 Å². The van der Waals surface area contributed by atoms with Gasteiger partial charge in [-0.25, -0.2) is 4.79 Å². The molecular formula is C11H12O3. The van der Waals surface area contributed by atoms with Crippen LogP contribution in [0.4, 0.5) is 0 Å². The Morgan fingerprint density at radius 2 is 2.07 bits per heavy atom. The lowest BCUT2D eigenvalue weighted by atomic mass is 10.0. The van der Waals surface area contributed by atoms with Crippen LogP contribution in [0.2, 0.25) is 0 Å². The second-order valence-electron chi connectivity index (χ2n) is 3.51. The van der Waals surface area contributed by atoms with Crippen LogP contribution in [0.1, 0.15) is 18.6 Å². The van der Waals surface area contributed by atoms with Gasteiger partial charge in [-0.1, -0.05) is 30.3 Å². The van der Waals surface area contributed by atoms with Crippen molar-refractivity contribution < 1.29 is 14.3 Å². The molecule has 0 radical (unpaired) electrons. The molecule has 2 atom stereocenters. The number of methoxy groups -OCH3 is 1. The summed E-state index contributed by atoms with van der Waals surface area (Å²) < 4.78 is 10.0. The van der Waals surface area contributed by atoms with Crippen molar-refractivity contribution in [3.8, 4) is 0 Å². The number of ether oxygens (including phenoxy) is 2. The third-order valence-electron chi connectivity index (χ3n) is 2.50. The van der Waals surface area contributed by atoms with Gasteiger partial charge in [-0.05, 0) is 12.5 Å². The largest absolute Gasteiger partial charge is 0.467 e. The van der Waals surface area contributed by atoms with Crippen molar-refractivity contribution in [1.29, 1.82) is 0 Å². The molecule has 1 aromatic carbocycles. The summed E-state index contributed by atoms with van der Waals surface area (Å²) in [5.74, 6) is -0.314. The maximum absolute atomic E-state index is 11.3. The molecule has 0 aliphatic carbocycles.